The van der Waals surface area contributed by atoms with Crippen LogP contribution in [0.1, 0.15) is 53.8 Å². The Morgan fingerprint density at radius 3 is 2.38 bits per heavy atom. The van der Waals surface area contributed by atoms with Gasteiger partial charge in [-0.1, -0.05) is 25.1 Å². The zero-order valence-electron chi connectivity index (χ0n) is 19.6. The Labute approximate surface area is 199 Å². The van der Waals surface area contributed by atoms with Gasteiger partial charge in [-0.2, -0.15) is 0 Å². The number of hydrogen-bond acceptors (Lipinski definition) is 5. The van der Waals surface area contributed by atoms with Gasteiger partial charge in [-0.05, 0) is 62.4 Å². The molecule has 1 fully saturated rings. The number of carbonyl (C=O) groups is 3. The summed E-state index contributed by atoms with van der Waals surface area (Å²) in [6.45, 7) is 5.13. The van der Waals surface area contributed by atoms with Crippen molar-refractivity contribution in [2.45, 2.75) is 45.2 Å². The molecular weight excluding hydrogens is 434 g/mol. The fourth-order valence-electron chi connectivity index (χ4n) is 4.29. The van der Waals surface area contributed by atoms with Crippen molar-refractivity contribution in [2.24, 2.45) is 5.92 Å². The Bertz CT molecular complexity index is 1030. The summed E-state index contributed by atoms with van der Waals surface area (Å²) in [6.07, 6.45) is 2.04. The van der Waals surface area contributed by atoms with E-state index in [9.17, 15) is 14.4 Å². The molecule has 2 heterocycles. The molecule has 3 amide bonds. The third-order valence-corrected chi connectivity index (χ3v) is 6.52. The fraction of sp³-hybridized carbons (Fsp3) is 0.423. The minimum Gasteiger partial charge on any atom is -0.454 e. The van der Waals surface area contributed by atoms with E-state index in [2.05, 4.69) is 10.6 Å². The number of ether oxygens (including phenoxy) is 2. The third kappa shape index (κ3) is 5.32. The van der Waals surface area contributed by atoms with Crippen LogP contribution in [-0.2, 0) is 4.79 Å². The van der Waals surface area contributed by atoms with Crippen LogP contribution in [-0.4, -0.2) is 54.6 Å². The largest absolute Gasteiger partial charge is 0.454 e. The first-order valence-corrected chi connectivity index (χ1v) is 11.8. The lowest BCUT2D eigenvalue weighted by molar-refractivity contribution is -0.125. The van der Waals surface area contributed by atoms with Crippen molar-refractivity contribution in [1.29, 1.82) is 0 Å². The highest BCUT2D eigenvalue weighted by Crippen LogP contribution is 2.32. The number of benzene rings is 2. The van der Waals surface area contributed by atoms with Crippen LogP contribution < -0.4 is 20.1 Å². The van der Waals surface area contributed by atoms with Gasteiger partial charge in [0, 0.05) is 30.3 Å². The van der Waals surface area contributed by atoms with E-state index in [1.54, 1.807) is 18.2 Å². The summed E-state index contributed by atoms with van der Waals surface area (Å²) >= 11 is 0. The molecule has 2 unspecified atom stereocenters. The molecule has 1 saturated heterocycles. The van der Waals surface area contributed by atoms with Crippen LogP contribution in [0.15, 0.2) is 48.5 Å². The second-order valence-corrected chi connectivity index (χ2v) is 8.83. The molecule has 0 spiro atoms. The summed E-state index contributed by atoms with van der Waals surface area (Å²) in [6, 6.07) is 13.5. The second-order valence-electron chi connectivity index (χ2n) is 8.83. The number of nitrogens with zero attached hydrogens (tertiary/aromatic N) is 1. The average molecular weight is 466 g/mol. The van der Waals surface area contributed by atoms with Crippen molar-refractivity contribution in [3.8, 4) is 11.5 Å². The van der Waals surface area contributed by atoms with E-state index < -0.39 is 6.04 Å². The maximum absolute atomic E-state index is 13.2. The van der Waals surface area contributed by atoms with Crippen LogP contribution in [0.25, 0.3) is 0 Å². The van der Waals surface area contributed by atoms with Gasteiger partial charge in [0.25, 0.3) is 11.8 Å². The Hall–Kier alpha value is -3.55. The van der Waals surface area contributed by atoms with E-state index in [1.807, 2.05) is 49.1 Å². The van der Waals surface area contributed by atoms with Gasteiger partial charge in [-0.25, -0.2) is 0 Å². The molecule has 8 heteroatoms. The number of nitrogens with one attached hydrogen (secondary N) is 2. The molecule has 2 N–H and O–H groups in total. The van der Waals surface area contributed by atoms with Crippen molar-refractivity contribution in [3.05, 3.63) is 59.7 Å². The van der Waals surface area contributed by atoms with Gasteiger partial charge in [0.2, 0.25) is 12.7 Å². The maximum atomic E-state index is 13.2. The average Bonchev–Trinajstić information content (AvgIpc) is 3.35. The van der Waals surface area contributed by atoms with E-state index in [0.29, 0.717) is 48.6 Å². The molecule has 2 atom stereocenters. The third-order valence-electron chi connectivity index (χ3n) is 6.52. The zero-order valence-corrected chi connectivity index (χ0v) is 19.6. The second kappa shape index (κ2) is 10.6. The van der Waals surface area contributed by atoms with Crippen molar-refractivity contribution in [2.75, 3.05) is 19.9 Å². The predicted octanol–water partition coefficient (Wildman–Crippen LogP) is 2.98. The topological polar surface area (TPSA) is 97.0 Å². The lowest BCUT2D eigenvalue weighted by atomic mass is 9.88. The normalized spacial score (nSPS) is 17.1. The summed E-state index contributed by atoms with van der Waals surface area (Å²) in [4.78, 5) is 40.8. The van der Waals surface area contributed by atoms with Gasteiger partial charge in [0.15, 0.2) is 11.5 Å². The molecule has 0 aliphatic carbocycles. The number of rotatable bonds is 7. The van der Waals surface area contributed by atoms with Gasteiger partial charge in [0.05, 0.1) is 0 Å². The van der Waals surface area contributed by atoms with E-state index in [0.717, 1.165) is 6.42 Å². The Kier molecular flexibility index (Phi) is 7.35. The highest BCUT2D eigenvalue weighted by Gasteiger charge is 2.34. The molecule has 180 valence electrons. The van der Waals surface area contributed by atoms with E-state index in [1.165, 1.54) is 0 Å². The quantitative estimate of drug-likeness (QED) is 0.655. The fourth-order valence-corrected chi connectivity index (χ4v) is 4.29. The molecule has 0 aromatic heterocycles. The summed E-state index contributed by atoms with van der Waals surface area (Å²) in [5, 5.41) is 5.95. The van der Waals surface area contributed by atoms with Crippen LogP contribution in [0.3, 0.4) is 0 Å². The molecule has 8 nitrogen and oxygen atoms in total. The van der Waals surface area contributed by atoms with Crippen molar-refractivity contribution >= 4 is 17.7 Å². The number of likely N-dealkylation sites (tertiary alicyclic amines) is 1. The predicted molar refractivity (Wildman–Crippen MR) is 127 cm³/mol. The van der Waals surface area contributed by atoms with Crippen LogP contribution >= 0.6 is 0 Å². The highest BCUT2D eigenvalue weighted by molar-refractivity contribution is 5.98. The lowest BCUT2D eigenvalue weighted by Crippen LogP contribution is -2.55. The van der Waals surface area contributed by atoms with E-state index >= 15 is 0 Å². The summed E-state index contributed by atoms with van der Waals surface area (Å²) in [5.41, 5.74) is 1.06. The Morgan fingerprint density at radius 2 is 1.68 bits per heavy atom. The van der Waals surface area contributed by atoms with Crippen molar-refractivity contribution < 1.29 is 23.9 Å². The number of fused-ring (bicyclic) bond motifs is 1. The van der Waals surface area contributed by atoms with Crippen molar-refractivity contribution in [1.82, 2.24) is 15.5 Å². The summed E-state index contributed by atoms with van der Waals surface area (Å²) in [5.74, 6) is 0.478. The van der Waals surface area contributed by atoms with Gasteiger partial charge in [-0.15, -0.1) is 0 Å². The molecule has 2 aromatic rings. The van der Waals surface area contributed by atoms with Crippen LogP contribution in [0.5, 0.6) is 11.5 Å². The molecule has 2 aliphatic heterocycles. The van der Waals surface area contributed by atoms with Crippen LogP contribution in [0, 0.1) is 5.92 Å². The number of hydrogen-bond donors (Lipinski definition) is 2. The summed E-state index contributed by atoms with van der Waals surface area (Å²) < 4.78 is 10.7. The van der Waals surface area contributed by atoms with Crippen molar-refractivity contribution in [3.63, 3.8) is 0 Å². The molecule has 2 aliphatic rings. The molecular formula is C26H31N3O5. The van der Waals surface area contributed by atoms with Crippen LogP contribution in [0.2, 0.25) is 0 Å². The lowest BCUT2D eigenvalue weighted by Gasteiger charge is -2.36. The maximum Gasteiger partial charge on any atom is 0.253 e. The molecule has 0 radical (unpaired) electrons. The molecule has 0 bridgehead atoms. The molecule has 2 aromatic carbocycles. The number of piperidine rings is 1. The zero-order chi connectivity index (χ0) is 24.1. The Balaban J connectivity index is 1.45. The van der Waals surface area contributed by atoms with Crippen LogP contribution in [0.4, 0.5) is 0 Å². The van der Waals surface area contributed by atoms with Gasteiger partial charge in [-0.3, -0.25) is 14.4 Å². The van der Waals surface area contributed by atoms with E-state index in [4.69, 9.17) is 9.47 Å². The molecule has 0 saturated carbocycles. The first-order chi connectivity index (χ1) is 16.5. The number of carbonyl (C=O) groups excluding carboxylic acids is 3. The minimum atomic E-state index is -0.694. The highest BCUT2D eigenvalue weighted by atomic mass is 16.7. The monoisotopic (exact) mass is 465 g/mol. The van der Waals surface area contributed by atoms with Gasteiger partial charge < -0.3 is 25.0 Å². The SMILES string of the molecule is CCC(C)NC(=O)C(NC(=O)c1ccc2c(c1)OCO2)C1CCN(C(=O)c2ccccc2)CC1. The number of amides is 3. The minimum absolute atomic E-state index is 0.00260. The molecule has 34 heavy (non-hydrogen) atoms. The Morgan fingerprint density at radius 1 is 0.971 bits per heavy atom. The van der Waals surface area contributed by atoms with E-state index in [-0.39, 0.29) is 36.5 Å². The first kappa shape index (κ1) is 23.6. The first-order valence-electron chi connectivity index (χ1n) is 11.8. The van der Waals surface area contributed by atoms with Gasteiger partial charge >= 0.3 is 0 Å². The smallest absolute Gasteiger partial charge is 0.253 e. The summed E-state index contributed by atoms with van der Waals surface area (Å²) in [7, 11) is 0. The molecule has 4 rings (SSSR count). The van der Waals surface area contributed by atoms with Gasteiger partial charge in [0.1, 0.15) is 6.04 Å². The standard InChI is InChI=1S/C26H31N3O5/c1-3-17(2)27-25(31)23(28-24(30)20-9-10-21-22(15-20)34-16-33-21)18-11-13-29(14-12-18)26(32)19-7-5-4-6-8-19/h4-10,15,17-18,23H,3,11-14,16H2,1-2H3,(H,27,31)(H,28,30).